The second kappa shape index (κ2) is 10.9. The van der Waals surface area contributed by atoms with Crippen LogP contribution in [-0.2, 0) is 9.30 Å². The van der Waals surface area contributed by atoms with E-state index in [9.17, 15) is 14.2 Å². The number of benzene rings is 1. The molecule has 0 bridgehead atoms. The van der Waals surface area contributed by atoms with Crippen LogP contribution in [0.5, 0.6) is 5.75 Å². The van der Waals surface area contributed by atoms with Crippen LogP contribution in [0.2, 0.25) is 3.67 Å². The van der Waals surface area contributed by atoms with Crippen LogP contribution in [-0.4, -0.2) is 67.7 Å². The van der Waals surface area contributed by atoms with E-state index in [-0.39, 0.29) is 17.9 Å². The van der Waals surface area contributed by atoms with Crippen molar-refractivity contribution in [2.24, 2.45) is 0 Å². The summed E-state index contributed by atoms with van der Waals surface area (Å²) in [5.41, 5.74) is -1.81. The Morgan fingerprint density at radius 1 is 1.27 bits per heavy atom. The van der Waals surface area contributed by atoms with E-state index in [0.717, 1.165) is 31.6 Å². The third-order valence-electron chi connectivity index (χ3n) is 2.04. The molecule has 0 spiro atoms. The van der Waals surface area contributed by atoms with Crippen molar-refractivity contribution >= 4 is 47.2 Å². The van der Waals surface area contributed by atoms with Crippen LogP contribution in [0.3, 0.4) is 0 Å². The molecule has 0 saturated carbocycles. The summed E-state index contributed by atoms with van der Waals surface area (Å²) in [5, 5.41) is 7.91. The number of carbonyl (C=O) groups is 2. The number of para-hydroxylation sites is 1. The maximum atomic E-state index is 11.5. The van der Waals surface area contributed by atoms with Crippen molar-refractivity contribution in [1.29, 1.82) is 0 Å². The second-order valence-electron chi connectivity index (χ2n) is 3.85. The summed E-state index contributed by atoms with van der Waals surface area (Å²) in [5.74, 6) is -1.00. The zero-order valence-corrected chi connectivity index (χ0v) is 15.2. The summed E-state index contributed by atoms with van der Waals surface area (Å²) >= 11 is 1.14. The fraction of sp³-hybridized carbons (Fsp3) is 0.333. The Kier molecular flexibility index (Phi) is 10.5. The first-order valence-electron chi connectivity index (χ1n) is 6.42. The van der Waals surface area contributed by atoms with Gasteiger partial charge in [0.2, 0.25) is 0 Å². The predicted octanol–water partition coefficient (Wildman–Crippen LogP) is 1.11. The zero-order chi connectivity index (χ0) is 17.2. The molecule has 0 amide bonds. The molecule has 22 heavy (non-hydrogen) atoms. The molecular formula is C12H16NaO8P. The molecule has 0 atom stereocenters. The van der Waals surface area contributed by atoms with Gasteiger partial charge >= 0.3 is 62.6 Å². The van der Waals surface area contributed by atoms with Gasteiger partial charge < -0.3 is 19.3 Å². The molecule has 3 N–H and O–H groups in total. The van der Waals surface area contributed by atoms with E-state index >= 15 is 0 Å². The van der Waals surface area contributed by atoms with Crippen molar-refractivity contribution in [3.05, 3.63) is 29.8 Å². The Labute approximate surface area is 145 Å². The molecule has 1 aromatic carbocycles. The van der Waals surface area contributed by atoms with Gasteiger partial charge in [-0.3, -0.25) is 0 Å². The number of hydrogen-bond acceptors (Lipinski definition) is 6. The van der Waals surface area contributed by atoms with Crippen LogP contribution in [0.1, 0.15) is 17.3 Å². The van der Waals surface area contributed by atoms with Crippen LogP contribution in [0.25, 0.3) is 0 Å². The van der Waals surface area contributed by atoms with Crippen molar-refractivity contribution in [1.82, 2.24) is 0 Å². The number of aliphatic hydroxyl groups is 1. The quantitative estimate of drug-likeness (QED) is 0.412. The summed E-state index contributed by atoms with van der Waals surface area (Å²) < 4.78 is 20.8. The number of carbonyl (C=O) groups excluding carboxylic acids is 2. The van der Waals surface area contributed by atoms with Crippen LogP contribution in [0.4, 0.5) is 4.79 Å². The van der Waals surface area contributed by atoms with Gasteiger partial charge in [0.25, 0.3) is 0 Å². The molecule has 8 nitrogen and oxygen atoms in total. The van der Waals surface area contributed by atoms with Crippen molar-refractivity contribution < 1.29 is 38.5 Å². The first kappa shape index (κ1) is 21.3. The van der Waals surface area contributed by atoms with Gasteiger partial charge in [-0.2, -0.15) is 0 Å². The molecule has 10 heteroatoms. The van der Waals surface area contributed by atoms with E-state index in [4.69, 9.17) is 19.6 Å². The molecule has 0 aliphatic rings. The molecule has 0 radical (unpaired) electrons. The molecule has 0 saturated heterocycles. The SMILES string of the molecule is CCOC(=O)c1ccccc1OC(=O)P(=O)(O)O.OC[CH2][Na]. The fourth-order valence-corrected chi connectivity index (χ4v) is 1.30. The minimum absolute atomic E-state index is 0.0823. The summed E-state index contributed by atoms with van der Waals surface area (Å²) in [6, 6.07) is 5.51. The van der Waals surface area contributed by atoms with E-state index in [2.05, 4.69) is 4.74 Å². The summed E-state index contributed by atoms with van der Waals surface area (Å²) in [6.07, 6.45) is 0. The van der Waals surface area contributed by atoms with E-state index in [1.165, 1.54) is 24.3 Å². The molecule has 0 heterocycles. The maximum absolute atomic E-state index is 11.5. The average molecular weight is 342 g/mol. The van der Waals surface area contributed by atoms with Gasteiger partial charge in [0.05, 0.1) is 6.61 Å². The van der Waals surface area contributed by atoms with Gasteiger partial charge in [0.1, 0.15) is 11.3 Å². The Morgan fingerprint density at radius 3 is 2.27 bits per heavy atom. The third kappa shape index (κ3) is 8.05. The first-order chi connectivity index (χ1) is 10.3. The average Bonchev–Trinajstić information content (AvgIpc) is 2.47. The van der Waals surface area contributed by atoms with Gasteiger partial charge in [-0.1, -0.05) is 12.1 Å². The zero-order valence-electron chi connectivity index (χ0n) is 12.3. The van der Waals surface area contributed by atoms with Crippen LogP contribution in [0.15, 0.2) is 24.3 Å². The van der Waals surface area contributed by atoms with Crippen molar-refractivity contribution in [2.45, 2.75) is 10.6 Å². The standard InChI is InChI=1S/C10H11O7P.C2H5O.Na/c1-2-16-9(11)7-5-3-4-6-8(7)17-10(12)18(13,14)15;1-2-3;/h3-6H,2H2,1H3,(H2,13,14,15);3H,1-2H2;. The Morgan fingerprint density at radius 2 is 1.82 bits per heavy atom. The van der Waals surface area contributed by atoms with E-state index in [0.29, 0.717) is 6.61 Å². The monoisotopic (exact) mass is 342 g/mol. The van der Waals surface area contributed by atoms with Crippen LogP contribution < -0.4 is 4.74 Å². The number of esters is 1. The molecule has 0 unspecified atom stereocenters. The molecule has 0 aromatic heterocycles. The summed E-state index contributed by atoms with van der Waals surface area (Å²) in [6.45, 7) is 2.11. The predicted molar refractivity (Wildman–Crippen MR) is 78.1 cm³/mol. The minimum atomic E-state index is -5.00. The number of aliphatic hydroxyl groups excluding tert-OH is 1. The third-order valence-corrected chi connectivity index (χ3v) is 3.06. The molecular weight excluding hydrogens is 326 g/mol. The van der Waals surface area contributed by atoms with Crippen molar-refractivity contribution in [3.63, 3.8) is 0 Å². The van der Waals surface area contributed by atoms with Gasteiger partial charge in [-0.05, 0) is 19.1 Å². The molecule has 118 valence electrons. The normalized spacial score (nSPS) is 10.3. The van der Waals surface area contributed by atoms with E-state index < -0.39 is 19.3 Å². The van der Waals surface area contributed by atoms with Crippen molar-refractivity contribution in [3.8, 4) is 5.75 Å². The molecule has 1 aromatic rings. The fourth-order valence-electron chi connectivity index (χ4n) is 1.09. The van der Waals surface area contributed by atoms with Crippen molar-refractivity contribution in [2.75, 3.05) is 13.2 Å². The van der Waals surface area contributed by atoms with Crippen LogP contribution in [0, 0.1) is 0 Å². The van der Waals surface area contributed by atoms with Gasteiger partial charge in [-0.15, -0.1) is 0 Å². The van der Waals surface area contributed by atoms with E-state index in [1.807, 2.05) is 0 Å². The Bertz CT molecular complexity index is 540. The summed E-state index contributed by atoms with van der Waals surface area (Å²) in [7, 11) is -5.00. The number of ether oxygens (including phenoxy) is 2. The van der Waals surface area contributed by atoms with E-state index in [1.54, 1.807) is 6.92 Å². The molecule has 0 aliphatic carbocycles. The van der Waals surface area contributed by atoms with Gasteiger partial charge in [0, 0.05) is 0 Å². The Balaban J connectivity index is 0.000000980. The Hall–Kier alpha value is -0.730. The number of rotatable bonds is 5. The topological polar surface area (TPSA) is 130 Å². The van der Waals surface area contributed by atoms with Gasteiger partial charge in [-0.25, -0.2) is 14.2 Å². The summed E-state index contributed by atoms with van der Waals surface area (Å²) in [4.78, 5) is 39.7. The number of hydrogen-bond donors (Lipinski definition) is 3. The van der Waals surface area contributed by atoms with Crippen LogP contribution >= 0.6 is 7.60 Å². The first-order valence-corrected chi connectivity index (χ1v) is 9.45. The molecule has 1 rings (SSSR count). The van der Waals surface area contributed by atoms with Gasteiger partial charge in [0.15, 0.2) is 0 Å². The molecule has 0 aliphatic heterocycles. The second-order valence-corrected chi connectivity index (χ2v) is 6.31. The molecule has 0 fully saturated rings.